The first kappa shape index (κ1) is 12.9. The summed E-state index contributed by atoms with van der Waals surface area (Å²) in [5.74, 6) is 1.85. The summed E-state index contributed by atoms with van der Waals surface area (Å²) >= 11 is 2.06. The number of hydrogen-bond acceptors (Lipinski definition) is 3. The molecule has 0 spiro atoms. The van der Waals surface area contributed by atoms with Crippen molar-refractivity contribution in [3.63, 3.8) is 0 Å². The lowest BCUT2D eigenvalue weighted by molar-refractivity contribution is 0.549. The minimum atomic E-state index is 0.511. The van der Waals surface area contributed by atoms with Crippen LogP contribution in [0.1, 0.15) is 37.8 Å². The van der Waals surface area contributed by atoms with E-state index in [1.807, 2.05) is 0 Å². The van der Waals surface area contributed by atoms with Crippen molar-refractivity contribution >= 4 is 28.7 Å². The molecule has 1 heterocycles. The molecule has 0 amide bonds. The zero-order valence-electron chi connectivity index (χ0n) is 11.6. The lowest BCUT2D eigenvalue weighted by Crippen LogP contribution is -2.18. The molecule has 1 aliphatic carbocycles. The Hall–Kier alpha value is -1.16. The van der Waals surface area contributed by atoms with Gasteiger partial charge in [-0.3, -0.25) is 0 Å². The third kappa shape index (κ3) is 2.12. The highest BCUT2D eigenvalue weighted by Crippen LogP contribution is 2.41. The van der Waals surface area contributed by atoms with Crippen LogP contribution in [0.5, 0.6) is 0 Å². The van der Waals surface area contributed by atoms with Gasteiger partial charge in [-0.05, 0) is 37.1 Å². The summed E-state index contributed by atoms with van der Waals surface area (Å²) in [6.45, 7) is 4.34. The SMILES string of the molecule is CCSC1CCCC1n1c(N)nc2c(C)cccc21. The first-order valence-electron chi connectivity index (χ1n) is 7.07. The molecular formula is C15H21N3S. The number of anilines is 1. The first-order chi connectivity index (χ1) is 9.22. The van der Waals surface area contributed by atoms with Crippen molar-refractivity contribution in [2.24, 2.45) is 0 Å². The molecule has 2 N–H and O–H groups in total. The topological polar surface area (TPSA) is 43.8 Å². The summed E-state index contributed by atoms with van der Waals surface area (Å²) in [6.07, 6.45) is 3.82. The van der Waals surface area contributed by atoms with Crippen molar-refractivity contribution < 1.29 is 0 Å². The minimum Gasteiger partial charge on any atom is -0.369 e. The molecule has 2 atom stereocenters. The van der Waals surface area contributed by atoms with Crippen molar-refractivity contribution in [1.29, 1.82) is 0 Å². The number of aryl methyl sites for hydroxylation is 1. The molecular weight excluding hydrogens is 254 g/mol. The second-order valence-corrected chi connectivity index (χ2v) is 6.79. The number of hydrogen-bond donors (Lipinski definition) is 1. The van der Waals surface area contributed by atoms with Gasteiger partial charge in [0.1, 0.15) is 0 Å². The van der Waals surface area contributed by atoms with Gasteiger partial charge in [0.05, 0.1) is 11.0 Å². The Morgan fingerprint density at radius 2 is 2.26 bits per heavy atom. The Morgan fingerprint density at radius 1 is 1.42 bits per heavy atom. The van der Waals surface area contributed by atoms with Crippen molar-refractivity contribution in [2.75, 3.05) is 11.5 Å². The predicted octanol–water partition coefficient (Wildman–Crippen LogP) is 3.77. The Labute approximate surface area is 118 Å². The maximum atomic E-state index is 6.20. The Bertz CT molecular complexity index is 590. The van der Waals surface area contributed by atoms with Crippen molar-refractivity contribution in [3.8, 4) is 0 Å². The van der Waals surface area contributed by atoms with Crippen molar-refractivity contribution in [1.82, 2.24) is 9.55 Å². The Kier molecular flexibility index (Phi) is 3.44. The van der Waals surface area contributed by atoms with Crippen LogP contribution >= 0.6 is 11.8 Å². The molecule has 1 saturated carbocycles. The molecule has 0 saturated heterocycles. The standard InChI is InChI=1S/C15H21N3S/c1-3-19-13-9-5-7-11(13)18-12-8-4-6-10(2)14(12)17-15(18)16/h4,6,8,11,13H,3,5,7,9H2,1-2H3,(H2,16,17). The van der Waals surface area contributed by atoms with Crippen molar-refractivity contribution in [3.05, 3.63) is 23.8 Å². The summed E-state index contributed by atoms with van der Waals surface area (Å²) in [4.78, 5) is 4.58. The number of rotatable bonds is 3. The van der Waals surface area contributed by atoms with E-state index in [1.165, 1.54) is 36.1 Å². The highest BCUT2D eigenvalue weighted by molar-refractivity contribution is 7.99. The van der Waals surface area contributed by atoms with Gasteiger partial charge in [0.15, 0.2) is 0 Å². The fourth-order valence-corrected chi connectivity index (χ4v) is 4.48. The number of nitrogens with two attached hydrogens (primary N) is 1. The Balaban J connectivity index is 2.09. The van der Waals surface area contributed by atoms with E-state index in [9.17, 15) is 0 Å². The number of fused-ring (bicyclic) bond motifs is 1. The highest BCUT2D eigenvalue weighted by Gasteiger charge is 2.31. The second kappa shape index (κ2) is 5.08. The highest BCUT2D eigenvalue weighted by atomic mass is 32.2. The maximum Gasteiger partial charge on any atom is 0.201 e. The number of para-hydroxylation sites is 1. The fraction of sp³-hybridized carbons (Fsp3) is 0.533. The van der Waals surface area contributed by atoms with E-state index in [2.05, 4.69) is 53.4 Å². The zero-order chi connectivity index (χ0) is 13.4. The number of nitrogen functional groups attached to an aromatic ring is 1. The van der Waals surface area contributed by atoms with Gasteiger partial charge in [-0.1, -0.05) is 25.5 Å². The zero-order valence-corrected chi connectivity index (χ0v) is 12.4. The largest absolute Gasteiger partial charge is 0.369 e. The van der Waals surface area contributed by atoms with E-state index in [4.69, 9.17) is 5.73 Å². The Morgan fingerprint density at radius 3 is 3.05 bits per heavy atom. The van der Waals surface area contributed by atoms with E-state index in [0.717, 1.165) is 5.52 Å². The maximum absolute atomic E-state index is 6.20. The molecule has 102 valence electrons. The van der Waals surface area contributed by atoms with E-state index >= 15 is 0 Å². The van der Waals surface area contributed by atoms with Gasteiger partial charge in [0, 0.05) is 11.3 Å². The van der Waals surface area contributed by atoms with Crippen LogP contribution in [0.15, 0.2) is 18.2 Å². The average Bonchev–Trinajstić information content (AvgIpc) is 2.94. The van der Waals surface area contributed by atoms with E-state index in [1.54, 1.807) is 0 Å². The lowest BCUT2D eigenvalue weighted by atomic mass is 10.2. The molecule has 1 aliphatic rings. The molecule has 0 bridgehead atoms. The molecule has 1 aromatic carbocycles. The molecule has 4 heteroatoms. The first-order valence-corrected chi connectivity index (χ1v) is 8.12. The summed E-state index contributed by atoms with van der Waals surface area (Å²) < 4.78 is 2.28. The van der Waals surface area contributed by atoms with E-state index in [-0.39, 0.29) is 0 Å². The molecule has 1 fully saturated rings. The fourth-order valence-electron chi connectivity index (χ4n) is 3.23. The average molecular weight is 275 g/mol. The van der Waals surface area contributed by atoms with Crippen LogP contribution in [0.2, 0.25) is 0 Å². The normalized spacial score (nSPS) is 23.3. The molecule has 3 nitrogen and oxygen atoms in total. The summed E-state index contributed by atoms with van der Waals surface area (Å²) in [6, 6.07) is 6.87. The summed E-state index contributed by atoms with van der Waals surface area (Å²) in [5.41, 5.74) is 9.67. The number of nitrogens with zero attached hydrogens (tertiary/aromatic N) is 2. The van der Waals surface area contributed by atoms with Crippen LogP contribution in [0.25, 0.3) is 11.0 Å². The number of aromatic nitrogens is 2. The summed E-state index contributed by atoms with van der Waals surface area (Å²) in [5, 5.41) is 0.685. The number of thioether (sulfide) groups is 1. The van der Waals surface area contributed by atoms with Gasteiger partial charge in [-0.2, -0.15) is 11.8 Å². The summed E-state index contributed by atoms with van der Waals surface area (Å²) in [7, 11) is 0. The van der Waals surface area contributed by atoms with E-state index < -0.39 is 0 Å². The van der Waals surface area contributed by atoms with Crippen LogP contribution in [0.4, 0.5) is 5.95 Å². The van der Waals surface area contributed by atoms with Crippen LogP contribution in [0.3, 0.4) is 0 Å². The third-order valence-electron chi connectivity index (χ3n) is 4.08. The van der Waals surface area contributed by atoms with Gasteiger partial charge in [-0.15, -0.1) is 0 Å². The van der Waals surface area contributed by atoms with Gasteiger partial charge in [-0.25, -0.2) is 4.98 Å². The molecule has 2 aromatic rings. The lowest BCUT2D eigenvalue weighted by Gasteiger charge is -2.22. The second-order valence-electron chi connectivity index (χ2n) is 5.27. The van der Waals surface area contributed by atoms with Gasteiger partial charge < -0.3 is 10.3 Å². The predicted molar refractivity (Wildman–Crippen MR) is 83.7 cm³/mol. The minimum absolute atomic E-state index is 0.511. The van der Waals surface area contributed by atoms with Crippen LogP contribution < -0.4 is 5.73 Å². The van der Waals surface area contributed by atoms with Gasteiger partial charge in [0.25, 0.3) is 0 Å². The van der Waals surface area contributed by atoms with Gasteiger partial charge in [0.2, 0.25) is 5.95 Å². The van der Waals surface area contributed by atoms with Crippen molar-refractivity contribution in [2.45, 2.75) is 44.4 Å². The van der Waals surface area contributed by atoms with Crippen LogP contribution in [-0.2, 0) is 0 Å². The molecule has 19 heavy (non-hydrogen) atoms. The smallest absolute Gasteiger partial charge is 0.201 e. The van der Waals surface area contributed by atoms with Gasteiger partial charge >= 0.3 is 0 Å². The van der Waals surface area contributed by atoms with E-state index in [0.29, 0.717) is 17.2 Å². The monoisotopic (exact) mass is 275 g/mol. The molecule has 0 radical (unpaired) electrons. The third-order valence-corrected chi connectivity index (χ3v) is 5.39. The molecule has 0 aliphatic heterocycles. The molecule has 1 aromatic heterocycles. The quantitative estimate of drug-likeness (QED) is 0.927. The molecule has 2 unspecified atom stereocenters. The van der Waals surface area contributed by atoms with Crippen LogP contribution in [-0.4, -0.2) is 20.6 Å². The number of benzene rings is 1. The number of imidazole rings is 1. The molecule has 3 rings (SSSR count). The van der Waals surface area contributed by atoms with Crippen LogP contribution in [0, 0.1) is 6.92 Å².